The fraction of sp³-hybridized carbons (Fsp3) is 0.200. The largest absolute Gasteiger partial charge is 0.772 e. The van der Waals surface area contributed by atoms with Crippen molar-refractivity contribution in [1.29, 1.82) is 0 Å². The summed E-state index contributed by atoms with van der Waals surface area (Å²) in [6.07, 6.45) is 4.87. The summed E-state index contributed by atoms with van der Waals surface area (Å²) in [4.78, 5) is 0. The average molecular weight is 257 g/mol. The predicted octanol–water partition coefficient (Wildman–Crippen LogP) is 3.22. The highest BCUT2D eigenvalue weighted by molar-refractivity contribution is 7.79. The Morgan fingerprint density at radius 3 is 2.72 bits per heavy atom. The van der Waals surface area contributed by atoms with E-state index in [1.165, 1.54) is 21.9 Å². The highest BCUT2D eigenvalue weighted by atomic mass is 32.2. The topological polar surface area (TPSA) is 40.1 Å². The first-order valence-electron chi connectivity index (χ1n) is 6.01. The lowest BCUT2D eigenvalue weighted by molar-refractivity contribution is 0.533. The van der Waals surface area contributed by atoms with E-state index in [9.17, 15) is 8.76 Å². The van der Waals surface area contributed by atoms with Gasteiger partial charge in [-0.05, 0) is 28.3 Å². The monoisotopic (exact) mass is 257 g/mol. The van der Waals surface area contributed by atoms with Crippen LogP contribution in [0.1, 0.15) is 23.5 Å². The van der Waals surface area contributed by atoms with Gasteiger partial charge < -0.3 is 4.55 Å². The molecule has 2 aromatic rings. The first-order chi connectivity index (χ1) is 8.75. The fourth-order valence-electron chi connectivity index (χ4n) is 2.65. The van der Waals surface area contributed by atoms with Crippen LogP contribution >= 0.6 is 0 Å². The molecule has 92 valence electrons. The van der Waals surface area contributed by atoms with E-state index in [4.69, 9.17) is 0 Å². The van der Waals surface area contributed by atoms with Crippen molar-refractivity contribution < 1.29 is 8.76 Å². The molecule has 0 N–H and O–H groups in total. The molecule has 0 radical (unpaired) electrons. The molecule has 0 amide bonds. The van der Waals surface area contributed by atoms with Crippen LogP contribution in [0.25, 0.3) is 16.8 Å². The van der Waals surface area contributed by atoms with E-state index in [1.54, 1.807) is 0 Å². The van der Waals surface area contributed by atoms with Gasteiger partial charge in [-0.1, -0.05) is 59.6 Å². The maximum Gasteiger partial charge on any atom is 0.0110 e. The number of benzene rings is 2. The smallest absolute Gasteiger partial charge is 0.0110 e. The highest BCUT2D eigenvalue weighted by Crippen LogP contribution is 2.36. The molecule has 3 heteroatoms. The van der Waals surface area contributed by atoms with Gasteiger partial charge in [0.15, 0.2) is 0 Å². The Morgan fingerprint density at radius 2 is 1.94 bits per heavy atom. The van der Waals surface area contributed by atoms with Crippen molar-refractivity contribution in [2.75, 3.05) is 5.75 Å². The van der Waals surface area contributed by atoms with Gasteiger partial charge in [0.2, 0.25) is 0 Å². The van der Waals surface area contributed by atoms with Crippen molar-refractivity contribution in [3.05, 3.63) is 53.6 Å². The first-order valence-corrected chi connectivity index (χ1v) is 7.26. The summed E-state index contributed by atoms with van der Waals surface area (Å²) in [5.41, 5.74) is 2.47. The molecule has 3 rings (SSSR count). The summed E-state index contributed by atoms with van der Waals surface area (Å²) in [5.74, 6) is 0.426. The second-order valence-corrected chi connectivity index (χ2v) is 5.57. The Labute approximate surface area is 109 Å². The summed E-state index contributed by atoms with van der Waals surface area (Å²) in [6.45, 7) is 0. The van der Waals surface area contributed by atoms with E-state index in [-0.39, 0.29) is 11.7 Å². The second kappa shape index (κ2) is 4.67. The molecule has 0 heterocycles. The molecule has 0 bridgehead atoms. The molecular formula is C15H13O2S-. The van der Waals surface area contributed by atoms with Crippen molar-refractivity contribution in [2.45, 2.75) is 12.3 Å². The van der Waals surface area contributed by atoms with Gasteiger partial charge >= 0.3 is 0 Å². The maximum absolute atomic E-state index is 10.7. The summed E-state index contributed by atoms with van der Waals surface area (Å²) in [5, 5.41) is 2.49. The van der Waals surface area contributed by atoms with Gasteiger partial charge in [0.05, 0.1) is 0 Å². The van der Waals surface area contributed by atoms with Gasteiger partial charge in [-0.3, -0.25) is 4.21 Å². The Morgan fingerprint density at radius 1 is 1.17 bits per heavy atom. The van der Waals surface area contributed by atoms with E-state index in [0.717, 1.165) is 0 Å². The molecule has 0 fully saturated rings. The number of rotatable bonds is 3. The number of hydrogen-bond donors (Lipinski definition) is 0. The molecule has 2 aromatic carbocycles. The zero-order valence-electron chi connectivity index (χ0n) is 9.84. The third-order valence-corrected chi connectivity index (χ3v) is 4.04. The zero-order valence-corrected chi connectivity index (χ0v) is 10.7. The molecule has 2 nitrogen and oxygen atoms in total. The van der Waals surface area contributed by atoms with Crippen LogP contribution in [0.3, 0.4) is 0 Å². The van der Waals surface area contributed by atoms with E-state index in [1.807, 2.05) is 6.07 Å². The second-order valence-electron chi connectivity index (χ2n) is 4.55. The van der Waals surface area contributed by atoms with Crippen LogP contribution in [-0.2, 0) is 11.1 Å². The SMILES string of the molecule is O=S([O-])CCC1C=Cc2cccc3cccc1c23. The highest BCUT2D eigenvalue weighted by Gasteiger charge is 2.16. The van der Waals surface area contributed by atoms with Crippen LogP contribution in [0.2, 0.25) is 0 Å². The minimum Gasteiger partial charge on any atom is -0.772 e. The molecule has 1 aliphatic carbocycles. The van der Waals surface area contributed by atoms with Gasteiger partial charge in [0.1, 0.15) is 0 Å². The Hall–Kier alpha value is -1.45. The fourth-order valence-corrected chi connectivity index (χ4v) is 3.09. The standard InChI is InChI=1S/C15H14O2S/c16-18(17)10-9-11-7-8-13-4-1-3-12-5-2-6-14(11)15(12)13/h1-8,11H,9-10H2,(H,16,17)/p-1. The zero-order chi connectivity index (χ0) is 12.5. The molecule has 0 spiro atoms. The Balaban J connectivity index is 2.07. The van der Waals surface area contributed by atoms with Gasteiger partial charge in [-0.25, -0.2) is 0 Å². The van der Waals surface area contributed by atoms with Crippen LogP contribution in [0.4, 0.5) is 0 Å². The summed E-state index contributed by atoms with van der Waals surface area (Å²) >= 11 is -1.96. The number of allylic oxidation sites excluding steroid dienone is 1. The van der Waals surface area contributed by atoms with Crippen LogP contribution in [0.5, 0.6) is 0 Å². The van der Waals surface area contributed by atoms with Crippen LogP contribution in [-0.4, -0.2) is 14.5 Å². The Bertz CT molecular complexity index is 641. The van der Waals surface area contributed by atoms with Crippen molar-refractivity contribution in [3.63, 3.8) is 0 Å². The average Bonchev–Trinajstić information content (AvgIpc) is 2.38. The minimum absolute atomic E-state index is 0.210. The number of hydrogen-bond acceptors (Lipinski definition) is 2. The van der Waals surface area contributed by atoms with Crippen LogP contribution < -0.4 is 0 Å². The minimum atomic E-state index is -1.96. The molecule has 18 heavy (non-hydrogen) atoms. The molecule has 2 atom stereocenters. The molecular weight excluding hydrogens is 244 g/mol. The normalized spacial score (nSPS) is 19.1. The first kappa shape index (κ1) is 11.6. The van der Waals surface area contributed by atoms with Gasteiger partial charge in [0, 0.05) is 11.7 Å². The molecule has 2 unspecified atom stereocenters. The maximum atomic E-state index is 10.7. The van der Waals surface area contributed by atoms with Crippen molar-refractivity contribution in [3.8, 4) is 0 Å². The third-order valence-electron chi connectivity index (χ3n) is 3.47. The Kier molecular flexibility index (Phi) is 3.02. The third kappa shape index (κ3) is 2.00. The lowest BCUT2D eigenvalue weighted by atomic mass is 9.85. The summed E-state index contributed by atoms with van der Waals surface area (Å²) in [6, 6.07) is 12.5. The summed E-state index contributed by atoms with van der Waals surface area (Å²) < 4.78 is 21.4. The van der Waals surface area contributed by atoms with Gasteiger partial charge in [0.25, 0.3) is 0 Å². The molecule has 0 aromatic heterocycles. The molecule has 0 saturated heterocycles. The van der Waals surface area contributed by atoms with Crippen molar-refractivity contribution in [2.24, 2.45) is 0 Å². The van der Waals surface area contributed by atoms with E-state index in [0.29, 0.717) is 6.42 Å². The van der Waals surface area contributed by atoms with Gasteiger partial charge in [-0.15, -0.1) is 0 Å². The summed E-state index contributed by atoms with van der Waals surface area (Å²) in [7, 11) is 0. The molecule has 0 saturated carbocycles. The lowest BCUT2D eigenvalue weighted by Crippen LogP contribution is -2.06. The molecule has 1 aliphatic rings. The lowest BCUT2D eigenvalue weighted by Gasteiger charge is -2.21. The molecule has 0 aliphatic heterocycles. The quantitative estimate of drug-likeness (QED) is 0.792. The van der Waals surface area contributed by atoms with Crippen LogP contribution in [0.15, 0.2) is 42.5 Å². The van der Waals surface area contributed by atoms with E-state index < -0.39 is 11.1 Å². The van der Waals surface area contributed by atoms with E-state index in [2.05, 4.69) is 42.5 Å². The predicted molar refractivity (Wildman–Crippen MR) is 74.1 cm³/mol. The van der Waals surface area contributed by atoms with Gasteiger partial charge in [-0.2, -0.15) is 0 Å². The van der Waals surface area contributed by atoms with Crippen molar-refractivity contribution >= 4 is 27.9 Å². The van der Waals surface area contributed by atoms with Crippen LogP contribution in [0, 0.1) is 0 Å². The van der Waals surface area contributed by atoms with E-state index >= 15 is 0 Å². The van der Waals surface area contributed by atoms with Crippen molar-refractivity contribution in [1.82, 2.24) is 0 Å².